The van der Waals surface area contributed by atoms with Gasteiger partial charge in [0.2, 0.25) is 0 Å². The van der Waals surface area contributed by atoms with Gasteiger partial charge >= 0.3 is 5.97 Å². The molecule has 0 aromatic heterocycles. The van der Waals surface area contributed by atoms with Gasteiger partial charge in [0, 0.05) is 19.7 Å². The predicted molar refractivity (Wildman–Crippen MR) is 68.5 cm³/mol. The number of ether oxygens (including phenoxy) is 3. The van der Waals surface area contributed by atoms with Crippen molar-refractivity contribution in [1.82, 2.24) is 4.90 Å². The fourth-order valence-corrected chi connectivity index (χ4v) is 2.06. The van der Waals surface area contributed by atoms with Gasteiger partial charge in [-0.05, 0) is 32.7 Å². The maximum absolute atomic E-state index is 11.0. The monoisotopic (exact) mass is 259 g/mol. The van der Waals surface area contributed by atoms with Crippen LogP contribution >= 0.6 is 0 Å². The van der Waals surface area contributed by atoms with E-state index in [2.05, 4.69) is 11.9 Å². The van der Waals surface area contributed by atoms with Crippen LogP contribution in [0.3, 0.4) is 0 Å². The maximum atomic E-state index is 11.0. The van der Waals surface area contributed by atoms with E-state index in [0.717, 1.165) is 32.7 Å². The zero-order chi connectivity index (χ0) is 13.2. The quantitative estimate of drug-likeness (QED) is 0.479. The first-order valence-corrected chi connectivity index (χ1v) is 6.72. The van der Waals surface area contributed by atoms with E-state index in [9.17, 15) is 4.79 Å². The van der Waals surface area contributed by atoms with Crippen LogP contribution in [0.15, 0.2) is 0 Å². The first-order chi connectivity index (χ1) is 8.72. The van der Waals surface area contributed by atoms with E-state index >= 15 is 0 Å². The SMILES string of the molecule is CCOC(=O)COCCN(C)CC1CCCOC1. The summed E-state index contributed by atoms with van der Waals surface area (Å²) in [6, 6.07) is 0. The molecule has 1 aliphatic rings. The third-order valence-electron chi connectivity index (χ3n) is 2.97. The van der Waals surface area contributed by atoms with Gasteiger partial charge in [-0.2, -0.15) is 0 Å². The molecule has 1 rings (SSSR count). The van der Waals surface area contributed by atoms with Crippen molar-refractivity contribution >= 4 is 5.97 Å². The van der Waals surface area contributed by atoms with Crippen LogP contribution in [0.4, 0.5) is 0 Å². The summed E-state index contributed by atoms with van der Waals surface area (Å²) in [6.45, 7) is 6.44. The molecular formula is C13H25NO4. The van der Waals surface area contributed by atoms with Gasteiger partial charge in [-0.3, -0.25) is 0 Å². The van der Waals surface area contributed by atoms with E-state index < -0.39 is 0 Å². The van der Waals surface area contributed by atoms with E-state index in [1.807, 2.05) is 0 Å². The number of nitrogens with zero attached hydrogens (tertiary/aromatic N) is 1. The van der Waals surface area contributed by atoms with Gasteiger partial charge in [-0.25, -0.2) is 4.79 Å². The molecule has 0 spiro atoms. The summed E-state index contributed by atoms with van der Waals surface area (Å²) in [7, 11) is 2.07. The van der Waals surface area contributed by atoms with Crippen molar-refractivity contribution in [2.24, 2.45) is 5.92 Å². The molecule has 1 atom stereocenters. The van der Waals surface area contributed by atoms with Crippen LogP contribution in [0.5, 0.6) is 0 Å². The van der Waals surface area contributed by atoms with E-state index in [1.54, 1.807) is 6.92 Å². The van der Waals surface area contributed by atoms with Crippen molar-refractivity contribution in [2.75, 3.05) is 53.2 Å². The van der Waals surface area contributed by atoms with Crippen molar-refractivity contribution in [3.8, 4) is 0 Å². The minimum atomic E-state index is -0.291. The lowest BCUT2D eigenvalue weighted by molar-refractivity contribution is -0.148. The van der Waals surface area contributed by atoms with Gasteiger partial charge in [-0.15, -0.1) is 0 Å². The summed E-state index contributed by atoms with van der Waals surface area (Å²) >= 11 is 0. The summed E-state index contributed by atoms with van der Waals surface area (Å²) in [5.41, 5.74) is 0. The lowest BCUT2D eigenvalue weighted by Gasteiger charge is -2.26. The summed E-state index contributed by atoms with van der Waals surface area (Å²) in [6.07, 6.45) is 2.41. The molecule has 18 heavy (non-hydrogen) atoms. The van der Waals surface area contributed by atoms with Crippen molar-refractivity contribution < 1.29 is 19.0 Å². The summed E-state index contributed by atoms with van der Waals surface area (Å²) < 4.78 is 15.5. The lowest BCUT2D eigenvalue weighted by Crippen LogP contribution is -2.33. The minimum absolute atomic E-state index is 0.0498. The van der Waals surface area contributed by atoms with Gasteiger partial charge in [-0.1, -0.05) is 0 Å². The predicted octanol–water partition coefficient (Wildman–Crippen LogP) is 0.925. The number of esters is 1. The average Bonchev–Trinajstić information content (AvgIpc) is 2.36. The number of hydrogen-bond acceptors (Lipinski definition) is 5. The fourth-order valence-electron chi connectivity index (χ4n) is 2.06. The summed E-state index contributed by atoms with van der Waals surface area (Å²) in [5.74, 6) is 0.342. The normalized spacial score (nSPS) is 20.1. The summed E-state index contributed by atoms with van der Waals surface area (Å²) in [4.78, 5) is 13.3. The second-order valence-electron chi connectivity index (χ2n) is 4.70. The number of rotatable bonds is 8. The highest BCUT2D eigenvalue weighted by Crippen LogP contribution is 2.14. The molecule has 1 fully saturated rings. The van der Waals surface area contributed by atoms with Crippen molar-refractivity contribution in [1.29, 1.82) is 0 Å². The number of carbonyl (C=O) groups excluding carboxylic acids is 1. The average molecular weight is 259 g/mol. The Morgan fingerprint density at radius 3 is 3.00 bits per heavy atom. The Morgan fingerprint density at radius 2 is 2.33 bits per heavy atom. The molecule has 0 aromatic rings. The van der Waals surface area contributed by atoms with Crippen LogP contribution in [0, 0.1) is 5.92 Å². The number of hydrogen-bond donors (Lipinski definition) is 0. The molecule has 106 valence electrons. The first-order valence-electron chi connectivity index (χ1n) is 6.72. The number of carbonyl (C=O) groups is 1. The topological polar surface area (TPSA) is 48.0 Å². The Hall–Kier alpha value is -0.650. The number of likely N-dealkylation sites (N-methyl/N-ethyl adjacent to an activating group) is 1. The Kier molecular flexibility index (Phi) is 7.96. The van der Waals surface area contributed by atoms with Crippen molar-refractivity contribution in [3.63, 3.8) is 0 Å². The van der Waals surface area contributed by atoms with Crippen LogP contribution in [0.1, 0.15) is 19.8 Å². The lowest BCUT2D eigenvalue weighted by atomic mass is 10.0. The van der Waals surface area contributed by atoms with E-state index in [4.69, 9.17) is 14.2 Å². The fraction of sp³-hybridized carbons (Fsp3) is 0.923. The molecule has 1 saturated heterocycles. The van der Waals surface area contributed by atoms with Crippen molar-refractivity contribution in [3.05, 3.63) is 0 Å². The largest absolute Gasteiger partial charge is 0.464 e. The van der Waals surface area contributed by atoms with Gasteiger partial charge in [0.05, 0.1) is 19.8 Å². The summed E-state index contributed by atoms with van der Waals surface area (Å²) in [5, 5.41) is 0. The molecule has 5 heteroatoms. The second kappa shape index (κ2) is 9.30. The highest BCUT2D eigenvalue weighted by molar-refractivity contribution is 5.70. The smallest absolute Gasteiger partial charge is 0.332 e. The molecular weight excluding hydrogens is 234 g/mol. The highest BCUT2D eigenvalue weighted by atomic mass is 16.6. The van der Waals surface area contributed by atoms with Gasteiger partial charge < -0.3 is 19.1 Å². The standard InChI is InChI=1S/C13H25NO4/c1-3-18-13(15)11-17-8-6-14(2)9-12-5-4-7-16-10-12/h12H,3-11H2,1-2H3. The molecule has 1 unspecified atom stereocenters. The van der Waals surface area contributed by atoms with Gasteiger partial charge in [0.25, 0.3) is 0 Å². The molecule has 0 aromatic carbocycles. The Bertz CT molecular complexity index is 229. The molecule has 0 bridgehead atoms. The second-order valence-corrected chi connectivity index (χ2v) is 4.70. The molecule has 1 heterocycles. The molecule has 0 amide bonds. The molecule has 5 nitrogen and oxygen atoms in total. The van der Waals surface area contributed by atoms with Crippen LogP contribution in [-0.4, -0.2) is 64.0 Å². The van der Waals surface area contributed by atoms with Crippen LogP contribution in [-0.2, 0) is 19.0 Å². The third kappa shape index (κ3) is 6.93. The van der Waals surface area contributed by atoms with Gasteiger partial charge in [0.1, 0.15) is 6.61 Å². The Labute approximate surface area is 109 Å². The first kappa shape index (κ1) is 15.4. The Morgan fingerprint density at radius 1 is 1.50 bits per heavy atom. The van der Waals surface area contributed by atoms with E-state index in [-0.39, 0.29) is 12.6 Å². The van der Waals surface area contributed by atoms with Crippen molar-refractivity contribution in [2.45, 2.75) is 19.8 Å². The zero-order valence-corrected chi connectivity index (χ0v) is 11.5. The third-order valence-corrected chi connectivity index (χ3v) is 2.97. The maximum Gasteiger partial charge on any atom is 0.332 e. The van der Waals surface area contributed by atoms with Crippen LogP contribution < -0.4 is 0 Å². The molecule has 0 aliphatic carbocycles. The van der Waals surface area contributed by atoms with E-state index in [1.165, 1.54) is 6.42 Å². The molecule has 0 radical (unpaired) electrons. The molecule has 1 aliphatic heterocycles. The van der Waals surface area contributed by atoms with Crippen LogP contribution in [0.25, 0.3) is 0 Å². The van der Waals surface area contributed by atoms with Gasteiger partial charge in [0.15, 0.2) is 0 Å². The van der Waals surface area contributed by atoms with E-state index in [0.29, 0.717) is 19.1 Å². The van der Waals surface area contributed by atoms with Crippen LogP contribution in [0.2, 0.25) is 0 Å². The Balaban J connectivity index is 1.99. The molecule has 0 saturated carbocycles. The minimum Gasteiger partial charge on any atom is -0.464 e. The highest BCUT2D eigenvalue weighted by Gasteiger charge is 2.15. The molecule has 0 N–H and O–H groups in total. The zero-order valence-electron chi connectivity index (χ0n) is 11.5.